The Balaban J connectivity index is 0.00000118. The van der Waals surface area contributed by atoms with Crippen LogP contribution in [0.4, 0.5) is 0 Å². The highest BCUT2D eigenvalue weighted by Gasteiger charge is 2.21. The summed E-state index contributed by atoms with van der Waals surface area (Å²) in [5.41, 5.74) is 0. The van der Waals surface area contributed by atoms with E-state index >= 15 is 0 Å². The van der Waals surface area contributed by atoms with Crippen LogP contribution < -0.4 is 0 Å². The molecule has 0 saturated heterocycles. The lowest BCUT2D eigenvalue weighted by Gasteiger charge is -2.35. The number of carbonyl (C=O) groups excluding carboxylic acids is 2. The number of rotatable bonds is 44. The van der Waals surface area contributed by atoms with E-state index in [0.717, 1.165) is 112 Å². The van der Waals surface area contributed by atoms with Crippen LogP contribution in [0.2, 0.25) is 0 Å². The van der Waals surface area contributed by atoms with Crippen molar-refractivity contribution in [1.29, 1.82) is 0 Å². The summed E-state index contributed by atoms with van der Waals surface area (Å²) in [5, 5.41) is 0. The van der Waals surface area contributed by atoms with Gasteiger partial charge >= 0.3 is 11.9 Å². The molecule has 0 N–H and O–H groups in total. The van der Waals surface area contributed by atoms with Crippen molar-refractivity contribution in [2.75, 3.05) is 98.6 Å². The van der Waals surface area contributed by atoms with Gasteiger partial charge in [0.05, 0.1) is 72.3 Å². The predicted octanol–water partition coefficient (Wildman–Crippen LogP) is 13.3. The molecule has 2 fully saturated rings. The monoisotopic (exact) mass is 1010 g/mol. The lowest BCUT2D eigenvalue weighted by Crippen LogP contribution is -2.49. The molecule has 0 radical (unpaired) electrons. The summed E-state index contributed by atoms with van der Waals surface area (Å²) in [6, 6.07) is 0. The van der Waals surface area contributed by atoms with Crippen LogP contribution >= 0.6 is 0 Å². The lowest BCUT2D eigenvalue weighted by molar-refractivity contribution is -0.923. The van der Waals surface area contributed by atoms with Gasteiger partial charge in [0.2, 0.25) is 10.4 Å². The standard InChI is InChI=1S/C28H56NO3.C26H52NO3.C2H6O4S/c1-4-29(5-2,6-3)23-24-31-25-26-32-28(30)22-16-14-12-10-8-7-9-11-13-15-19-27-20-17-18-21-27;1-4-27(5-2,6-3)21-22-29-23-24-30-26(28)20-14-12-10-8-7-9-11-13-17-25-18-15-16-19-25;1-2-6-7(3,4)5/h27H,4-26H2,1-3H3;25H,4-24H2,1-3H3;2H2,1H3,(H,3,4,5)/q2*+1;/p-1. The van der Waals surface area contributed by atoms with E-state index in [-0.39, 0.29) is 18.5 Å². The summed E-state index contributed by atoms with van der Waals surface area (Å²) in [7, 11) is -4.42. The lowest BCUT2D eigenvalue weighted by atomic mass is 9.99. The number of unbranched alkanes of at least 4 members (excludes halogenated alkanes) is 16. The Morgan fingerprint density at radius 2 is 0.725 bits per heavy atom. The van der Waals surface area contributed by atoms with Gasteiger partial charge in [-0.05, 0) is 73.1 Å². The van der Waals surface area contributed by atoms with Gasteiger partial charge in [-0.25, -0.2) is 8.42 Å². The van der Waals surface area contributed by atoms with Crippen molar-refractivity contribution in [2.24, 2.45) is 11.8 Å². The van der Waals surface area contributed by atoms with Crippen LogP contribution in [0.5, 0.6) is 0 Å². The van der Waals surface area contributed by atoms with E-state index < -0.39 is 10.4 Å². The number of quaternary nitrogens is 2. The smallest absolute Gasteiger partial charge is 0.305 e. The number of hydrogen-bond acceptors (Lipinski definition) is 10. The number of nitrogens with zero attached hydrogens (tertiary/aromatic N) is 2. The zero-order valence-electron chi connectivity index (χ0n) is 46.4. The number of carbonyl (C=O) groups is 2. The molecule has 412 valence electrons. The quantitative estimate of drug-likeness (QED) is 0.0191. The Morgan fingerprint density at radius 1 is 0.435 bits per heavy atom. The van der Waals surface area contributed by atoms with E-state index in [4.69, 9.17) is 18.9 Å². The van der Waals surface area contributed by atoms with E-state index in [1.165, 1.54) is 161 Å². The molecule has 2 aliphatic carbocycles. The average Bonchev–Trinajstić information content (AvgIpc) is 4.08. The molecular weight excluding hydrogens is 893 g/mol. The molecule has 0 amide bonds. The third-order valence-corrected chi connectivity index (χ3v) is 16.1. The van der Waals surface area contributed by atoms with Crippen LogP contribution in [-0.4, -0.2) is 132 Å². The molecule has 2 saturated carbocycles. The number of ether oxygens (including phenoxy) is 4. The van der Waals surface area contributed by atoms with E-state index in [1.54, 1.807) is 0 Å². The summed E-state index contributed by atoms with van der Waals surface area (Å²) < 4.78 is 56.2. The number of likely N-dealkylation sites (N-methyl/N-ethyl adjacent to an activating group) is 2. The van der Waals surface area contributed by atoms with Crippen LogP contribution in [0, 0.1) is 11.8 Å². The predicted molar refractivity (Wildman–Crippen MR) is 284 cm³/mol. The largest absolute Gasteiger partial charge is 0.726 e. The molecule has 0 bridgehead atoms. The van der Waals surface area contributed by atoms with Crippen molar-refractivity contribution >= 4 is 22.3 Å². The molecule has 13 heteroatoms. The molecule has 0 atom stereocenters. The summed E-state index contributed by atoms with van der Waals surface area (Å²) in [5.74, 6) is 1.99. The van der Waals surface area contributed by atoms with Crippen molar-refractivity contribution in [2.45, 2.75) is 241 Å². The van der Waals surface area contributed by atoms with E-state index in [1.807, 2.05) is 0 Å². The van der Waals surface area contributed by atoms with Crippen LogP contribution in [-0.2, 0) is 43.1 Å². The first-order chi connectivity index (χ1) is 33.4. The first kappa shape index (κ1) is 67.6. The molecule has 2 rings (SSSR count). The zero-order chi connectivity index (χ0) is 51.2. The van der Waals surface area contributed by atoms with Gasteiger partial charge in [0.1, 0.15) is 26.3 Å². The fourth-order valence-electron chi connectivity index (χ4n) is 10.2. The van der Waals surface area contributed by atoms with Crippen molar-refractivity contribution in [3.8, 4) is 0 Å². The first-order valence-corrected chi connectivity index (χ1v) is 30.5. The summed E-state index contributed by atoms with van der Waals surface area (Å²) in [6.07, 6.45) is 39.5. The highest BCUT2D eigenvalue weighted by Crippen LogP contribution is 2.30. The highest BCUT2D eigenvalue weighted by atomic mass is 32.3. The number of esters is 2. The SMILES string of the molecule is CCOS(=O)(=O)[O-].CC[N+](CC)(CC)CCOCCOC(=O)CCCCCCCCCCC1CCCC1.CC[N+](CC)(CC)CCOCCOC(=O)CCCCCCCCCCCCC1CCCC1. The molecule has 0 aromatic rings. The van der Waals surface area contributed by atoms with Gasteiger partial charge < -0.3 is 32.5 Å². The maximum Gasteiger partial charge on any atom is 0.305 e. The Morgan fingerprint density at radius 3 is 0.986 bits per heavy atom. The van der Waals surface area contributed by atoms with Crippen LogP contribution in [0.1, 0.15) is 241 Å². The van der Waals surface area contributed by atoms with Crippen molar-refractivity contribution in [1.82, 2.24) is 0 Å². The van der Waals surface area contributed by atoms with Crippen molar-refractivity contribution in [3.63, 3.8) is 0 Å². The van der Waals surface area contributed by atoms with Crippen molar-refractivity contribution < 1.29 is 54.7 Å². The van der Waals surface area contributed by atoms with Gasteiger partial charge in [-0.1, -0.05) is 167 Å². The molecule has 0 unspecified atom stereocenters. The summed E-state index contributed by atoms with van der Waals surface area (Å²) in [4.78, 5) is 23.6. The second-order valence-corrected chi connectivity index (χ2v) is 21.3. The molecule has 0 aliphatic heterocycles. The highest BCUT2D eigenvalue weighted by molar-refractivity contribution is 7.80. The van der Waals surface area contributed by atoms with Gasteiger partial charge in [0, 0.05) is 12.8 Å². The molecular formula is C56H113N2O10S+. The molecule has 0 aromatic heterocycles. The number of hydrogen-bond donors (Lipinski definition) is 0. The summed E-state index contributed by atoms with van der Waals surface area (Å²) in [6.45, 7) is 27.0. The molecule has 0 heterocycles. The average molecular weight is 1010 g/mol. The second kappa shape index (κ2) is 46.4. The van der Waals surface area contributed by atoms with Gasteiger partial charge in [0.15, 0.2) is 0 Å². The summed E-state index contributed by atoms with van der Waals surface area (Å²) >= 11 is 0. The third kappa shape index (κ3) is 40.8. The van der Waals surface area contributed by atoms with E-state index in [2.05, 4.69) is 45.7 Å². The van der Waals surface area contributed by atoms with Crippen molar-refractivity contribution in [3.05, 3.63) is 0 Å². The minimum Gasteiger partial charge on any atom is -0.726 e. The van der Waals surface area contributed by atoms with Gasteiger partial charge in [0.25, 0.3) is 0 Å². The minimum absolute atomic E-state index is 0.0630. The molecule has 0 aromatic carbocycles. The maximum absolute atomic E-state index is 11.8. The van der Waals surface area contributed by atoms with Crippen LogP contribution in [0.25, 0.3) is 0 Å². The molecule has 2 aliphatic rings. The maximum atomic E-state index is 11.8. The molecule has 0 spiro atoms. The fourth-order valence-corrected chi connectivity index (χ4v) is 10.5. The Labute approximate surface area is 426 Å². The van der Waals surface area contributed by atoms with Gasteiger partial charge in [-0.3, -0.25) is 13.8 Å². The second-order valence-electron chi connectivity index (χ2n) is 20.3. The third-order valence-electron chi connectivity index (χ3n) is 15.6. The molecule has 12 nitrogen and oxygen atoms in total. The van der Waals surface area contributed by atoms with Gasteiger partial charge in [-0.2, -0.15) is 0 Å². The normalized spacial score (nSPS) is 14.6. The topological polar surface area (TPSA) is 137 Å². The minimum atomic E-state index is -4.42. The fraction of sp³-hybridized carbons (Fsp3) is 0.964. The van der Waals surface area contributed by atoms with Crippen LogP contribution in [0.15, 0.2) is 0 Å². The Bertz CT molecular complexity index is 1230. The Hall–Kier alpha value is -1.35. The first-order valence-electron chi connectivity index (χ1n) is 29.1. The Kier molecular flexibility index (Phi) is 45.5. The molecule has 69 heavy (non-hydrogen) atoms. The van der Waals surface area contributed by atoms with E-state index in [0.29, 0.717) is 39.3 Å². The van der Waals surface area contributed by atoms with E-state index in [9.17, 15) is 22.6 Å². The zero-order valence-corrected chi connectivity index (χ0v) is 47.2. The van der Waals surface area contributed by atoms with Crippen LogP contribution in [0.3, 0.4) is 0 Å². The van der Waals surface area contributed by atoms with Gasteiger partial charge in [-0.15, -0.1) is 0 Å².